The van der Waals surface area contributed by atoms with Crippen LogP contribution in [-0.4, -0.2) is 19.8 Å². The van der Waals surface area contributed by atoms with Crippen molar-refractivity contribution in [2.45, 2.75) is 19.4 Å². The summed E-state index contributed by atoms with van der Waals surface area (Å²) in [6.07, 6.45) is 2.18. The van der Waals surface area contributed by atoms with E-state index < -0.39 is 0 Å². The van der Waals surface area contributed by atoms with E-state index in [1.807, 2.05) is 12.1 Å². The second-order valence-electron chi connectivity index (χ2n) is 4.41. The molecule has 0 bridgehead atoms. The van der Waals surface area contributed by atoms with Gasteiger partial charge < -0.3 is 15.2 Å². The summed E-state index contributed by atoms with van der Waals surface area (Å²) in [5.74, 6) is 0.615. The predicted molar refractivity (Wildman–Crippen MR) is 69.1 cm³/mol. The quantitative estimate of drug-likeness (QED) is 0.842. The number of halogens is 1. The van der Waals surface area contributed by atoms with Gasteiger partial charge in [0.25, 0.3) is 0 Å². The highest BCUT2D eigenvalue weighted by molar-refractivity contribution is 6.30. The van der Waals surface area contributed by atoms with Gasteiger partial charge in [-0.05, 0) is 37.0 Å². The molecule has 1 aromatic rings. The average Bonchev–Trinajstić information content (AvgIpc) is 2.35. The van der Waals surface area contributed by atoms with Gasteiger partial charge in [0.05, 0.1) is 13.2 Å². The molecule has 94 valence electrons. The van der Waals surface area contributed by atoms with Crippen molar-refractivity contribution in [3.05, 3.63) is 28.8 Å². The highest BCUT2D eigenvalue weighted by atomic mass is 35.5. The van der Waals surface area contributed by atoms with Gasteiger partial charge in [-0.1, -0.05) is 11.6 Å². The predicted octanol–water partition coefficient (Wildman–Crippen LogP) is 2.87. The second-order valence-corrected chi connectivity index (χ2v) is 4.85. The number of rotatable bonds is 4. The first-order chi connectivity index (χ1) is 8.25. The summed E-state index contributed by atoms with van der Waals surface area (Å²) in [5, 5.41) is 0.698. The van der Waals surface area contributed by atoms with E-state index >= 15 is 0 Å². The maximum atomic E-state index is 5.92. The summed E-state index contributed by atoms with van der Waals surface area (Å²) < 4.78 is 11.0. The summed E-state index contributed by atoms with van der Waals surface area (Å²) in [4.78, 5) is 0. The van der Waals surface area contributed by atoms with E-state index in [1.54, 1.807) is 6.07 Å². The molecule has 0 spiro atoms. The first-order valence-corrected chi connectivity index (χ1v) is 6.33. The fourth-order valence-electron chi connectivity index (χ4n) is 1.95. The number of anilines is 1. The minimum atomic E-state index is 0.531. The van der Waals surface area contributed by atoms with Crippen LogP contribution in [0.1, 0.15) is 18.4 Å². The molecule has 0 radical (unpaired) electrons. The van der Waals surface area contributed by atoms with Crippen molar-refractivity contribution in [3.63, 3.8) is 0 Å². The zero-order valence-corrected chi connectivity index (χ0v) is 10.6. The van der Waals surface area contributed by atoms with Crippen molar-refractivity contribution in [2.24, 2.45) is 5.92 Å². The normalized spacial score (nSPS) is 17.2. The van der Waals surface area contributed by atoms with Crippen molar-refractivity contribution in [1.82, 2.24) is 0 Å². The number of hydrogen-bond acceptors (Lipinski definition) is 3. The Morgan fingerprint density at radius 1 is 1.35 bits per heavy atom. The Hall–Kier alpha value is -0.770. The summed E-state index contributed by atoms with van der Waals surface area (Å²) >= 11 is 5.92. The van der Waals surface area contributed by atoms with Crippen molar-refractivity contribution in [2.75, 3.05) is 25.6 Å². The maximum absolute atomic E-state index is 5.92. The average molecular weight is 256 g/mol. The van der Waals surface area contributed by atoms with Crippen LogP contribution in [0.15, 0.2) is 18.2 Å². The lowest BCUT2D eigenvalue weighted by molar-refractivity contribution is 0.0158. The Bertz CT molecular complexity index is 364. The molecule has 4 heteroatoms. The van der Waals surface area contributed by atoms with Gasteiger partial charge in [-0.15, -0.1) is 0 Å². The number of ether oxygens (including phenoxy) is 2. The van der Waals surface area contributed by atoms with Crippen molar-refractivity contribution in [3.8, 4) is 0 Å². The third-order valence-corrected chi connectivity index (χ3v) is 3.29. The van der Waals surface area contributed by atoms with Gasteiger partial charge in [0.1, 0.15) is 0 Å². The molecule has 1 aromatic carbocycles. The molecular weight excluding hydrogens is 238 g/mol. The topological polar surface area (TPSA) is 44.5 Å². The summed E-state index contributed by atoms with van der Waals surface area (Å²) in [6, 6.07) is 5.47. The molecule has 1 fully saturated rings. The molecular formula is C13H18ClNO2. The van der Waals surface area contributed by atoms with Crippen LogP contribution in [0.2, 0.25) is 5.02 Å². The molecule has 1 heterocycles. The molecule has 0 amide bonds. The van der Waals surface area contributed by atoms with Crippen LogP contribution in [0.4, 0.5) is 5.69 Å². The molecule has 2 rings (SSSR count). The van der Waals surface area contributed by atoms with Gasteiger partial charge in [-0.3, -0.25) is 0 Å². The van der Waals surface area contributed by atoms with E-state index in [9.17, 15) is 0 Å². The lowest BCUT2D eigenvalue weighted by atomic mass is 10.0. The molecule has 17 heavy (non-hydrogen) atoms. The smallest absolute Gasteiger partial charge is 0.0737 e. The fraction of sp³-hybridized carbons (Fsp3) is 0.538. The fourth-order valence-corrected chi connectivity index (χ4v) is 2.14. The van der Waals surface area contributed by atoms with Gasteiger partial charge in [-0.25, -0.2) is 0 Å². The minimum Gasteiger partial charge on any atom is -0.398 e. The Balaban J connectivity index is 1.79. The zero-order chi connectivity index (χ0) is 12.1. The molecule has 1 aliphatic heterocycles. The molecule has 1 saturated heterocycles. The molecule has 0 saturated carbocycles. The molecule has 0 aromatic heterocycles. The molecule has 3 nitrogen and oxygen atoms in total. The molecule has 1 aliphatic rings. The summed E-state index contributed by atoms with van der Waals surface area (Å²) in [6.45, 7) is 3.01. The SMILES string of the molecule is Nc1ccc(Cl)cc1COCC1CCOCC1. The third kappa shape index (κ3) is 3.87. The van der Waals surface area contributed by atoms with Crippen LogP contribution >= 0.6 is 11.6 Å². The first kappa shape index (κ1) is 12.7. The van der Waals surface area contributed by atoms with Gasteiger partial charge in [0, 0.05) is 29.5 Å². The molecule has 0 aliphatic carbocycles. The number of hydrogen-bond donors (Lipinski definition) is 1. The lowest BCUT2D eigenvalue weighted by Crippen LogP contribution is -2.20. The molecule has 2 N–H and O–H groups in total. The number of nitrogens with two attached hydrogens (primary N) is 1. The van der Waals surface area contributed by atoms with Crippen molar-refractivity contribution in [1.29, 1.82) is 0 Å². The standard InChI is InChI=1S/C13H18ClNO2/c14-12-1-2-13(15)11(7-12)9-17-8-10-3-5-16-6-4-10/h1-2,7,10H,3-6,8-9,15H2. The van der Waals surface area contributed by atoms with E-state index in [1.165, 1.54) is 0 Å². The van der Waals surface area contributed by atoms with E-state index in [0.29, 0.717) is 17.5 Å². The largest absolute Gasteiger partial charge is 0.398 e. The van der Waals surface area contributed by atoms with Crippen molar-refractivity contribution < 1.29 is 9.47 Å². The Labute approximate surface area is 107 Å². The molecule has 0 unspecified atom stereocenters. The van der Waals surface area contributed by atoms with Crippen LogP contribution in [0, 0.1) is 5.92 Å². The zero-order valence-electron chi connectivity index (χ0n) is 9.82. The molecule has 0 atom stereocenters. The summed E-state index contributed by atoms with van der Waals surface area (Å²) in [5.41, 5.74) is 7.55. The van der Waals surface area contributed by atoms with E-state index in [-0.39, 0.29) is 0 Å². The Morgan fingerprint density at radius 3 is 2.88 bits per heavy atom. The van der Waals surface area contributed by atoms with Crippen LogP contribution in [0.5, 0.6) is 0 Å². The number of benzene rings is 1. The van der Waals surface area contributed by atoms with Gasteiger partial charge in [0.15, 0.2) is 0 Å². The Morgan fingerprint density at radius 2 is 2.12 bits per heavy atom. The Kier molecular flexibility index (Phi) is 4.66. The van der Waals surface area contributed by atoms with Crippen molar-refractivity contribution >= 4 is 17.3 Å². The lowest BCUT2D eigenvalue weighted by Gasteiger charge is -2.21. The summed E-state index contributed by atoms with van der Waals surface area (Å²) in [7, 11) is 0. The van der Waals surface area contributed by atoms with Gasteiger partial charge in [0.2, 0.25) is 0 Å². The monoisotopic (exact) mass is 255 g/mol. The second kappa shape index (κ2) is 6.24. The maximum Gasteiger partial charge on any atom is 0.0737 e. The van der Waals surface area contributed by atoms with Crippen LogP contribution in [0.3, 0.4) is 0 Å². The van der Waals surface area contributed by atoms with E-state index in [0.717, 1.165) is 43.9 Å². The number of nitrogen functional groups attached to an aromatic ring is 1. The highest BCUT2D eigenvalue weighted by Gasteiger charge is 2.13. The van der Waals surface area contributed by atoms with Crippen LogP contribution < -0.4 is 5.73 Å². The van der Waals surface area contributed by atoms with E-state index in [2.05, 4.69) is 0 Å². The van der Waals surface area contributed by atoms with Gasteiger partial charge >= 0.3 is 0 Å². The van der Waals surface area contributed by atoms with Crippen LogP contribution in [-0.2, 0) is 16.1 Å². The first-order valence-electron chi connectivity index (χ1n) is 5.95. The van der Waals surface area contributed by atoms with Crippen LogP contribution in [0.25, 0.3) is 0 Å². The van der Waals surface area contributed by atoms with E-state index in [4.69, 9.17) is 26.8 Å². The minimum absolute atomic E-state index is 0.531. The highest BCUT2D eigenvalue weighted by Crippen LogP contribution is 2.20. The van der Waals surface area contributed by atoms with Gasteiger partial charge in [-0.2, -0.15) is 0 Å². The third-order valence-electron chi connectivity index (χ3n) is 3.06.